The maximum Gasteiger partial charge on any atom is 0.320 e. The first-order valence-corrected chi connectivity index (χ1v) is 7.50. The molecule has 1 atom stereocenters. The molecule has 1 aliphatic carbocycles. The van der Waals surface area contributed by atoms with Crippen LogP contribution in [-0.4, -0.2) is 52.6 Å². The molecule has 5 nitrogen and oxygen atoms in total. The van der Waals surface area contributed by atoms with E-state index in [1.165, 1.54) is 0 Å². The van der Waals surface area contributed by atoms with Crippen LogP contribution in [0, 0.1) is 5.92 Å². The molecule has 1 heterocycles. The SMILES string of the molecule is C=CCN(C(=O)N1CCCC(CCC(=O)O)C1)C1CC1. The van der Waals surface area contributed by atoms with E-state index in [-0.39, 0.29) is 12.5 Å². The number of carboxylic acid groups (broad SMARTS) is 1. The van der Waals surface area contributed by atoms with Crippen LogP contribution in [0.5, 0.6) is 0 Å². The monoisotopic (exact) mass is 280 g/mol. The number of likely N-dealkylation sites (tertiary alicyclic amines) is 1. The molecule has 1 saturated heterocycles. The number of carbonyl (C=O) groups is 2. The summed E-state index contributed by atoms with van der Waals surface area (Å²) in [6.45, 7) is 5.83. The molecule has 2 fully saturated rings. The zero-order chi connectivity index (χ0) is 14.5. The molecular formula is C15H24N2O3. The van der Waals surface area contributed by atoms with Crippen molar-refractivity contribution in [3.63, 3.8) is 0 Å². The van der Waals surface area contributed by atoms with Gasteiger partial charge in [0, 0.05) is 32.1 Å². The van der Waals surface area contributed by atoms with Crippen molar-refractivity contribution >= 4 is 12.0 Å². The van der Waals surface area contributed by atoms with Crippen molar-refractivity contribution in [2.45, 2.75) is 44.6 Å². The number of aliphatic carboxylic acids is 1. The molecule has 1 saturated carbocycles. The fraction of sp³-hybridized carbons (Fsp3) is 0.733. The summed E-state index contributed by atoms with van der Waals surface area (Å²) in [5.74, 6) is -0.423. The predicted octanol–water partition coefficient (Wildman–Crippen LogP) is 2.33. The summed E-state index contributed by atoms with van der Waals surface area (Å²) in [6, 6.07) is 0.493. The van der Waals surface area contributed by atoms with E-state index in [1.54, 1.807) is 6.08 Å². The normalized spacial score (nSPS) is 22.4. The van der Waals surface area contributed by atoms with Crippen molar-refractivity contribution in [1.82, 2.24) is 9.80 Å². The number of carboxylic acids is 1. The van der Waals surface area contributed by atoms with Gasteiger partial charge in [0.05, 0.1) is 0 Å². The number of piperidine rings is 1. The van der Waals surface area contributed by atoms with E-state index in [1.807, 2.05) is 9.80 Å². The van der Waals surface area contributed by atoms with Crippen molar-refractivity contribution in [2.24, 2.45) is 5.92 Å². The van der Waals surface area contributed by atoms with Gasteiger partial charge in [0.15, 0.2) is 0 Å². The Morgan fingerprint density at radius 2 is 2.10 bits per heavy atom. The summed E-state index contributed by atoms with van der Waals surface area (Å²) in [4.78, 5) is 27.0. The number of rotatable bonds is 6. The molecule has 2 aliphatic rings. The predicted molar refractivity (Wildman–Crippen MR) is 76.5 cm³/mol. The van der Waals surface area contributed by atoms with Gasteiger partial charge in [-0.15, -0.1) is 6.58 Å². The average molecular weight is 280 g/mol. The van der Waals surface area contributed by atoms with Crippen molar-refractivity contribution in [2.75, 3.05) is 19.6 Å². The molecule has 20 heavy (non-hydrogen) atoms. The lowest BCUT2D eigenvalue weighted by Crippen LogP contribution is -2.48. The molecule has 112 valence electrons. The number of hydrogen-bond acceptors (Lipinski definition) is 2. The molecule has 0 radical (unpaired) electrons. The van der Waals surface area contributed by atoms with Gasteiger partial charge in [-0.3, -0.25) is 4.79 Å². The quantitative estimate of drug-likeness (QED) is 0.760. The molecule has 5 heteroatoms. The zero-order valence-electron chi connectivity index (χ0n) is 12.0. The van der Waals surface area contributed by atoms with Gasteiger partial charge in [0.2, 0.25) is 0 Å². The van der Waals surface area contributed by atoms with Crippen LogP contribution in [-0.2, 0) is 4.79 Å². The van der Waals surface area contributed by atoms with E-state index in [9.17, 15) is 9.59 Å². The van der Waals surface area contributed by atoms with Crippen molar-refractivity contribution < 1.29 is 14.7 Å². The van der Waals surface area contributed by atoms with Crippen LogP contribution in [0.25, 0.3) is 0 Å². The Bertz CT molecular complexity index is 379. The van der Waals surface area contributed by atoms with Crippen molar-refractivity contribution in [1.29, 1.82) is 0 Å². The third-order valence-electron chi connectivity index (χ3n) is 4.12. The molecule has 2 rings (SSSR count). The summed E-state index contributed by atoms with van der Waals surface area (Å²) in [7, 11) is 0. The number of amides is 2. The minimum absolute atomic E-state index is 0.104. The van der Waals surface area contributed by atoms with Gasteiger partial charge < -0.3 is 14.9 Å². The molecule has 1 unspecified atom stereocenters. The highest BCUT2D eigenvalue weighted by Gasteiger charge is 2.35. The van der Waals surface area contributed by atoms with Crippen molar-refractivity contribution in [3.05, 3.63) is 12.7 Å². The van der Waals surface area contributed by atoms with Gasteiger partial charge >= 0.3 is 12.0 Å². The summed E-state index contributed by atoms with van der Waals surface area (Å²) in [5, 5.41) is 8.76. The Kier molecular flexibility index (Phi) is 5.04. The van der Waals surface area contributed by atoms with E-state index in [0.717, 1.165) is 32.2 Å². The highest BCUT2D eigenvalue weighted by molar-refractivity contribution is 5.75. The minimum Gasteiger partial charge on any atom is -0.481 e. The van der Waals surface area contributed by atoms with Crippen LogP contribution in [0.15, 0.2) is 12.7 Å². The van der Waals surface area contributed by atoms with Gasteiger partial charge in [-0.25, -0.2) is 4.79 Å². The highest BCUT2D eigenvalue weighted by Crippen LogP contribution is 2.29. The summed E-state index contributed by atoms with van der Waals surface area (Å²) in [6.07, 6.45) is 6.84. The van der Waals surface area contributed by atoms with E-state index >= 15 is 0 Å². The van der Waals surface area contributed by atoms with Gasteiger partial charge in [0.25, 0.3) is 0 Å². The Morgan fingerprint density at radius 1 is 1.35 bits per heavy atom. The number of hydrogen-bond donors (Lipinski definition) is 1. The summed E-state index contributed by atoms with van der Waals surface area (Å²) in [5.41, 5.74) is 0. The van der Waals surface area contributed by atoms with Crippen LogP contribution >= 0.6 is 0 Å². The molecule has 0 aromatic carbocycles. The van der Waals surface area contributed by atoms with Crippen molar-refractivity contribution in [3.8, 4) is 0 Å². The van der Waals surface area contributed by atoms with Crippen LogP contribution in [0.1, 0.15) is 38.5 Å². The number of carbonyl (C=O) groups excluding carboxylic acids is 1. The fourth-order valence-corrected chi connectivity index (χ4v) is 2.89. The van der Waals surface area contributed by atoms with Crippen LogP contribution < -0.4 is 0 Å². The van der Waals surface area contributed by atoms with Crippen LogP contribution in [0.3, 0.4) is 0 Å². The summed E-state index contributed by atoms with van der Waals surface area (Å²) >= 11 is 0. The van der Waals surface area contributed by atoms with E-state index in [0.29, 0.717) is 31.5 Å². The number of nitrogens with zero attached hydrogens (tertiary/aromatic N) is 2. The van der Waals surface area contributed by atoms with Gasteiger partial charge in [-0.2, -0.15) is 0 Å². The second-order valence-electron chi connectivity index (χ2n) is 5.84. The maximum atomic E-state index is 12.5. The molecule has 0 spiro atoms. The Balaban J connectivity index is 1.88. The lowest BCUT2D eigenvalue weighted by atomic mass is 9.93. The molecule has 0 aromatic rings. The largest absolute Gasteiger partial charge is 0.481 e. The maximum absolute atomic E-state index is 12.5. The third kappa shape index (κ3) is 3.99. The zero-order valence-corrected chi connectivity index (χ0v) is 12.0. The Hall–Kier alpha value is -1.52. The van der Waals surface area contributed by atoms with E-state index in [4.69, 9.17) is 5.11 Å². The first kappa shape index (κ1) is 14.9. The lowest BCUT2D eigenvalue weighted by molar-refractivity contribution is -0.137. The molecule has 2 amide bonds. The molecule has 1 aliphatic heterocycles. The average Bonchev–Trinajstić information content (AvgIpc) is 3.26. The Labute approximate surface area is 120 Å². The Morgan fingerprint density at radius 3 is 2.70 bits per heavy atom. The summed E-state index contributed by atoms with van der Waals surface area (Å²) < 4.78 is 0. The van der Waals surface area contributed by atoms with Gasteiger partial charge in [-0.05, 0) is 38.0 Å². The highest BCUT2D eigenvalue weighted by atomic mass is 16.4. The fourth-order valence-electron chi connectivity index (χ4n) is 2.89. The topological polar surface area (TPSA) is 60.9 Å². The van der Waals surface area contributed by atoms with E-state index < -0.39 is 5.97 Å². The third-order valence-corrected chi connectivity index (χ3v) is 4.12. The second-order valence-corrected chi connectivity index (χ2v) is 5.84. The molecule has 0 bridgehead atoms. The first-order chi connectivity index (χ1) is 9.61. The molecular weight excluding hydrogens is 256 g/mol. The minimum atomic E-state index is -0.750. The first-order valence-electron chi connectivity index (χ1n) is 7.50. The lowest BCUT2D eigenvalue weighted by Gasteiger charge is -2.36. The van der Waals surface area contributed by atoms with Gasteiger partial charge in [-0.1, -0.05) is 6.08 Å². The molecule has 0 aromatic heterocycles. The van der Waals surface area contributed by atoms with Crippen LogP contribution in [0.4, 0.5) is 4.79 Å². The second kappa shape index (κ2) is 6.77. The smallest absolute Gasteiger partial charge is 0.320 e. The standard InChI is InChI=1S/C15H24N2O3/c1-2-9-17(13-6-7-13)15(20)16-10-3-4-12(11-16)5-8-14(18)19/h2,12-13H,1,3-11H2,(H,18,19). The number of urea groups is 1. The van der Waals surface area contributed by atoms with E-state index in [2.05, 4.69) is 6.58 Å². The van der Waals surface area contributed by atoms with Crippen LogP contribution in [0.2, 0.25) is 0 Å². The van der Waals surface area contributed by atoms with Gasteiger partial charge in [0.1, 0.15) is 0 Å². The molecule has 1 N–H and O–H groups in total.